The largest absolute Gasteiger partial charge is 0.468 e. The first-order valence-electron chi connectivity index (χ1n) is 7.12. The highest BCUT2D eigenvalue weighted by atomic mass is 32.2. The van der Waals surface area contributed by atoms with Crippen LogP contribution in [0, 0.1) is 0 Å². The number of nitrogens with zero attached hydrogens (tertiary/aromatic N) is 1. The van der Waals surface area contributed by atoms with Crippen LogP contribution in [0.25, 0.3) is 10.8 Å². The molecule has 0 saturated carbocycles. The molecule has 1 aliphatic heterocycles. The minimum atomic E-state index is -3.70. The number of methoxy groups -OCH3 is 1. The molecular weight excluding hydrogens is 302 g/mol. The van der Waals surface area contributed by atoms with Gasteiger partial charge in [0.15, 0.2) is 0 Å². The van der Waals surface area contributed by atoms with Crippen molar-refractivity contribution in [3.63, 3.8) is 0 Å². The van der Waals surface area contributed by atoms with Gasteiger partial charge >= 0.3 is 5.97 Å². The van der Waals surface area contributed by atoms with E-state index in [1.807, 2.05) is 24.3 Å². The number of carbonyl (C=O) groups excluding carboxylic acids is 1. The van der Waals surface area contributed by atoms with Crippen molar-refractivity contribution >= 4 is 26.8 Å². The molecule has 0 unspecified atom stereocenters. The van der Waals surface area contributed by atoms with Gasteiger partial charge in [-0.3, -0.25) is 4.79 Å². The van der Waals surface area contributed by atoms with Crippen LogP contribution in [0.3, 0.4) is 0 Å². The van der Waals surface area contributed by atoms with E-state index in [9.17, 15) is 13.2 Å². The number of hydrogen-bond acceptors (Lipinski definition) is 4. The summed E-state index contributed by atoms with van der Waals surface area (Å²) in [5.74, 6) is -0.498. The van der Waals surface area contributed by atoms with Crippen molar-refractivity contribution in [3.8, 4) is 0 Å². The van der Waals surface area contributed by atoms with Gasteiger partial charge in [0.2, 0.25) is 10.0 Å². The zero-order valence-electron chi connectivity index (χ0n) is 12.2. The molecule has 2 aromatic carbocycles. The van der Waals surface area contributed by atoms with Crippen LogP contribution in [0.1, 0.15) is 12.8 Å². The fourth-order valence-corrected chi connectivity index (χ4v) is 4.55. The lowest BCUT2D eigenvalue weighted by Gasteiger charge is -2.22. The number of rotatable bonds is 3. The van der Waals surface area contributed by atoms with Gasteiger partial charge in [-0.2, -0.15) is 4.31 Å². The molecule has 5 nitrogen and oxygen atoms in total. The Morgan fingerprint density at radius 3 is 2.64 bits per heavy atom. The van der Waals surface area contributed by atoms with Gasteiger partial charge in [-0.1, -0.05) is 30.3 Å². The minimum absolute atomic E-state index is 0.210. The molecule has 1 fully saturated rings. The Morgan fingerprint density at radius 1 is 1.18 bits per heavy atom. The predicted octanol–water partition coefficient (Wildman–Crippen LogP) is 2.17. The summed E-state index contributed by atoms with van der Waals surface area (Å²) in [5, 5.41) is 1.84. The van der Waals surface area contributed by atoms with Gasteiger partial charge in [0.05, 0.1) is 12.0 Å². The van der Waals surface area contributed by atoms with Crippen LogP contribution in [-0.4, -0.2) is 38.4 Å². The van der Waals surface area contributed by atoms with Crippen molar-refractivity contribution in [1.29, 1.82) is 0 Å². The average molecular weight is 319 g/mol. The van der Waals surface area contributed by atoms with E-state index in [2.05, 4.69) is 0 Å². The molecule has 0 aromatic heterocycles. The fourth-order valence-electron chi connectivity index (χ4n) is 2.86. The summed E-state index contributed by atoms with van der Waals surface area (Å²) < 4.78 is 31.6. The zero-order chi connectivity index (χ0) is 15.7. The number of fused-ring (bicyclic) bond motifs is 1. The Morgan fingerprint density at radius 2 is 1.91 bits per heavy atom. The maximum Gasteiger partial charge on any atom is 0.324 e. The first kappa shape index (κ1) is 15.0. The Hall–Kier alpha value is -1.92. The summed E-state index contributed by atoms with van der Waals surface area (Å²) in [4.78, 5) is 12.0. The highest BCUT2D eigenvalue weighted by molar-refractivity contribution is 7.89. The first-order chi connectivity index (χ1) is 10.5. The smallest absolute Gasteiger partial charge is 0.324 e. The normalized spacial score (nSPS) is 19.4. The number of ether oxygens (including phenoxy) is 1. The maximum absolute atomic E-state index is 12.8. The summed E-state index contributed by atoms with van der Waals surface area (Å²) in [7, 11) is -2.42. The zero-order valence-corrected chi connectivity index (χ0v) is 13.0. The third-order valence-electron chi connectivity index (χ3n) is 4.00. The molecular formula is C16H17NO4S. The van der Waals surface area contributed by atoms with Crippen LogP contribution < -0.4 is 0 Å². The second-order valence-electron chi connectivity index (χ2n) is 5.31. The van der Waals surface area contributed by atoms with Crippen LogP contribution in [0.5, 0.6) is 0 Å². The molecule has 0 aliphatic carbocycles. The van der Waals surface area contributed by atoms with Crippen LogP contribution in [0.4, 0.5) is 0 Å². The van der Waals surface area contributed by atoms with E-state index in [0.717, 1.165) is 10.8 Å². The van der Waals surface area contributed by atoms with Gasteiger partial charge < -0.3 is 4.74 Å². The van der Waals surface area contributed by atoms with Crippen LogP contribution in [0.2, 0.25) is 0 Å². The molecule has 1 atom stereocenters. The lowest BCUT2D eigenvalue weighted by Crippen LogP contribution is -2.41. The van der Waals surface area contributed by atoms with Crippen LogP contribution in [-0.2, 0) is 19.6 Å². The van der Waals surface area contributed by atoms with Gasteiger partial charge in [0.25, 0.3) is 0 Å². The monoisotopic (exact) mass is 319 g/mol. The molecule has 0 radical (unpaired) electrons. The number of sulfonamides is 1. The van der Waals surface area contributed by atoms with Gasteiger partial charge in [-0.15, -0.1) is 0 Å². The van der Waals surface area contributed by atoms with E-state index in [1.165, 1.54) is 11.4 Å². The molecule has 1 saturated heterocycles. The van der Waals surface area contributed by atoms with E-state index in [4.69, 9.17) is 4.74 Å². The predicted molar refractivity (Wildman–Crippen MR) is 82.9 cm³/mol. The van der Waals surface area contributed by atoms with Crippen molar-refractivity contribution in [2.24, 2.45) is 0 Å². The molecule has 22 heavy (non-hydrogen) atoms. The molecule has 1 heterocycles. The fraction of sp³-hybridized carbons (Fsp3) is 0.312. The molecule has 6 heteroatoms. The van der Waals surface area contributed by atoms with E-state index in [0.29, 0.717) is 19.4 Å². The van der Waals surface area contributed by atoms with Gasteiger partial charge in [-0.25, -0.2) is 8.42 Å². The highest BCUT2D eigenvalue weighted by Crippen LogP contribution is 2.28. The second-order valence-corrected chi connectivity index (χ2v) is 7.20. The van der Waals surface area contributed by atoms with E-state index in [-0.39, 0.29) is 4.90 Å². The van der Waals surface area contributed by atoms with Crippen molar-refractivity contribution in [2.45, 2.75) is 23.8 Å². The van der Waals surface area contributed by atoms with Crippen LogP contribution in [0.15, 0.2) is 47.4 Å². The standard InChI is InChI=1S/C16H17NO4S/c1-21-16(18)15-7-4-10-17(15)22(19,20)14-9-8-12-5-2-3-6-13(12)11-14/h2-3,5-6,8-9,11,15H,4,7,10H2,1H3/t15-/m0/s1. The Labute approximate surface area is 129 Å². The molecule has 0 bridgehead atoms. The topological polar surface area (TPSA) is 63.7 Å². The Balaban J connectivity index is 2.02. The summed E-state index contributed by atoms with van der Waals surface area (Å²) in [5.41, 5.74) is 0. The quantitative estimate of drug-likeness (QED) is 0.813. The molecule has 1 aliphatic rings. The molecule has 2 aromatic rings. The summed E-state index contributed by atoms with van der Waals surface area (Å²) in [6.45, 7) is 0.342. The third kappa shape index (κ3) is 2.48. The molecule has 116 valence electrons. The molecule has 3 rings (SSSR count). The van der Waals surface area contributed by atoms with Crippen LogP contribution >= 0.6 is 0 Å². The van der Waals surface area contributed by atoms with Crippen molar-refractivity contribution in [1.82, 2.24) is 4.31 Å². The SMILES string of the molecule is COC(=O)[C@@H]1CCCN1S(=O)(=O)c1ccc2ccccc2c1. The second kappa shape index (κ2) is 5.70. The van der Waals surface area contributed by atoms with Crippen molar-refractivity contribution < 1.29 is 17.9 Å². The van der Waals surface area contributed by atoms with E-state index >= 15 is 0 Å². The van der Waals surface area contributed by atoms with Gasteiger partial charge in [-0.05, 0) is 35.7 Å². The lowest BCUT2D eigenvalue weighted by molar-refractivity contribution is -0.144. The van der Waals surface area contributed by atoms with Gasteiger partial charge in [0, 0.05) is 6.54 Å². The average Bonchev–Trinajstić information content (AvgIpc) is 3.04. The number of benzene rings is 2. The molecule has 0 amide bonds. The molecule has 0 spiro atoms. The first-order valence-corrected chi connectivity index (χ1v) is 8.56. The van der Waals surface area contributed by atoms with Gasteiger partial charge in [0.1, 0.15) is 6.04 Å². The molecule has 0 N–H and O–H groups in total. The van der Waals surface area contributed by atoms with E-state index in [1.54, 1.807) is 18.2 Å². The lowest BCUT2D eigenvalue weighted by atomic mass is 10.1. The number of carbonyl (C=O) groups is 1. The van der Waals surface area contributed by atoms with Crippen molar-refractivity contribution in [3.05, 3.63) is 42.5 Å². The van der Waals surface area contributed by atoms with Crippen molar-refractivity contribution in [2.75, 3.05) is 13.7 Å². The summed E-state index contributed by atoms with van der Waals surface area (Å²) in [6.07, 6.45) is 1.16. The minimum Gasteiger partial charge on any atom is -0.468 e. The Bertz CT molecular complexity index is 816. The highest BCUT2D eigenvalue weighted by Gasteiger charge is 2.40. The Kier molecular flexibility index (Phi) is 3.88. The number of hydrogen-bond donors (Lipinski definition) is 0. The van der Waals surface area contributed by atoms with E-state index < -0.39 is 22.0 Å². The maximum atomic E-state index is 12.8. The number of esters is 1. The third-order valence-corrected chi connectivity index (χ3v) is 5.91. The summed E-state index contributed by atoms with van der Waals surface area (Å²) in [6, 6.07) is 11.9. The summed E-state index contributed by atoms with van der Waals surface area (Å²) >= 11 is 0.